The van der Waals surface area contributed by atoms with Gasteiger partial charge >= 0.3 is 0 Å². The van der Waals surface area contributed by atoms with Gasteiger partial charge in [0.05, 0.1) is 30.6 Å². The summed E-state index contributed by atoms with van der Waals surface area (Å²) >= 11 is 0. The Morgan fingerprint density at radius 2 is 1.60 bits per heavy atom. The molecule has 0 N–H and O–H groups in total. The minimum atomic E-state index is 0.00460. The van der Waals surface area contributed by atoms with Crippen molar-refractivity contribution >= 4 is 0 Å². The first-order chi connectivity index (χ1) is 12.3. The average molecular weight is 341 g/mol. The summed E-state index contributed by atoms with van der Waals surface area (Å²) in [5, 5.41) is 0. The van der Waals surface area contributed by atoms with Gasteiger partial charge in [-0.3, -0.25) is 14.9 Å². The molecule has 25 heavy (non-hydrogen) atoms. The molecule has 0 unspecified atom stereocenters. The van der Waals surface area contributed by atoms with Crippen LogP contribution in [-0.2, 0) is 27.3 Å². The number of methoxy groups -OCH3 is 1. The lowest BCUT2D eigenvalue weighted by Crippen LogP contribution is -2.44. The van der Waals surface area contributed by atoms with E-state index in [0.717, 1.165) is 24.5 Å². The van der Waals surface area contributed by atoms with E-state index in [-0.39, 0.29) is 24.4 Å². The largest absolute Gasteiger partial charge is 0.376 e. The molecule has 0 aromatic carbocycles. The molecular formula is C19H23N3O3. The van der Waals surface area contributed by atoms with E-state index >= 15 is 0 Å². The SMILES string of the molecule is CO[C@H]1CO[C@@H]2[C@@H]1OC[C@@H]2N(Cc1ccccn1)Cc1ccccn1. The van der Waals surface area contributed by atoms with Crippen LogP contribution >= 0.6 is 0 Å². The van der Waals surface area contributed by atoms with E-state index in [1.807, 2.05) is 48.8 Å². The lowest BCUT2D eigenvalue weighted by atomic mass is 10.1. The minimum Gasteiger partial charge on any atom is -0.376 e. The fraction of sp³-hybridized carbons (Fsp3) is 0.474. The summed E-state index contributed by atoms with van der Waals surface area (Å²) in [5.74, 6) is 0. The molecule has 2 saturated heterocycles. The Hall–Kier alpha value is -1.86. The fourth-order valence-corrected chi connectivity index (χ4v) is 3.65. The van der Waals surface area contributed by atoms with Gasteiger partial charge in [-0.15, -0.1) is 0 Å². The first-order valence-corrected chi connectivity index (χ1v) is 8.65. The zero-order chi connectivity index (χ0) is 17.1. The Morgan fingerprint density at radius 1 is 0.960 bits per heavy atom. The van der Waals surface area contributed by atoms with Gasteiger partial charge in [0.1, 0.15) is 18.3 Å². The van der Waals surface area contributed by atoms with Gasteiger partial charge in [-0.25, -0.2) is 0 Å². The van der Waals surface area contributed by atoms with E-state index in [2.05, 4.69) is 14.9 Å². The summed E-state index contributed by atoms with van der Waals surface area (Å²) in [4.78, 5) is 11.3. The summed E-state index contributed by atoms with van der Waals surface area (Å²) < 4.78 is 17.5. The van der Waals surface area contributed by atoms with Gasteiger partial charge in [-0.05, 0) is 24.3 Å². The van der Waals surface area contributed by atoms with Crippen LogP contribution in [0.2, 0.25) is 0 Å². The van der Waals surface area contributed by atoms with Gasteiger partial charge in [0.2, 0.25) is 0 Å². The smallest absolute Gasteiger partial charge is 0.114 e. The van der Waals surface area contributed by atoms with Crippen LogP contribution in [0.1, 0.15) is 11.4 Å². The fourth-order valence-electron chi connectivity index (χ4n) is 3.65. The molecule has 132 valence electrons. The van der Waals surface area contributed by atoms with Gasteiger partial charge in [0.15, 0.2) is 0 Å². The van der Waals surface area contributed by atoms with Gasteiger partial charge in [-0.2, -0.15) is 0 Å². The molecule has 6 heteroatoms. The van der Waals surface area contributed by atoms with E-state index in [9.17, 15) is 0 Å². The van der Waals surface area contributed by atoms with Crippen LogP contribution in [-0.4, -0.2) is 59.5 Å². The van der Waals surface area contributed by atoms with Crippen molar-refractivity contribution in [2.75, 3.05) is 20.3 Å². The summed E-state index contributed by atoms with van der Waals surface area (Å²) in [5.41, 5.74) is 2.06. The summed E-state index contributed by atoms with van der Waals surface area (Å²) in [6.45, 7) is 2.68. The molecule has 4 atom stereocenters. The number of rotatable bonds is 6. The highest BCUT2D eigenvalue weighted by Crippen LogP contribution is 2.32. The monoisotopic (exact) mass is 341 g/mol. The predicted octanol–water partition coefficient (Wildman–Crippen LogP) is 1.66. The maximum atomic E-state index is 6.02. The topological polar surface area (TPSA) is 56.7 Å². The van der Waals surface area contributed by atoms with Crippen LogP contribution in [0.15, 0.2) is 48.8 Å². The molecule has 4 rings (SSSR count). The second-order valence-electron chi connectivity index (χ2n) is 6.48. The van der Waals surface area contributed by atoms with Crippen LogP contribution in [0.5, 0.6) is 0 Å². The molecule has 4 heterocycles. The van der Waals surface area contributed by atoms with Crippen LogP contribution < -0.4 is 0 Å². The number of nitrogens with zero attached hydrogens (tertiary/aromatic N) is 3. The first kappa shape index (κ1) is 16.6. The molecule has 0 radical (unpaired) electrons. The third-order valence-electron chi connectivity index (χ3n) is 4.94. The summed E-state index contributed by atoms with van der Waals surface area (Å²) in [6.07, 6.45) is 3.70. The van der Waals surface area contributed by atoms with Crippen molar-refractivity contribution in [2.45, 2.75) is 37.4 Å². The van der Waals surface area contributed by atoms with Crippen molar-refractivity contribution in [3.8, 4) is 0 Å². The van der Waals surface area contributed by atoms with Crippen molar-refractivity contribution in [2.24, 2.45) is 0 Å². The Bertz CT molecular complexity index is 629. The number of pyridine rings is 2. The van der Waals surface area contributed by atoms with Gasteiger partial charge in [-0.1, -0.05) is 12.1 Å². The first-order valence-electron chi connectivity index (χ1n) is 8.65. The van der Waals surface area contributed by atoms with Crippen molar-refractivity contribution in [1.29, 1.82) is 0 Å². The highest BCUT2D eigenvalue weighted by atomic mass is 16.6. The number of hydrogen-bond donors (Lipinski definition) is 0. The van der Waals surface area contributed by atoms with Crippen LogP contribution in [0.4, 0.5) is 0 Å². The maximum Gasteiger partial charge on any atom is 0.114 e. The number of aromatic nitrogens is 2. The van der Waals surface area contributed by atoms with Gasteiger partial charge in [0, 0.05) is 32.6 Å². The van der Waals surface area contributed by atoms with Gasteiger partial charge in [0.25, 0.3) is 0 Å². The van der Waals surface area contributed by atoms with E-state index in [1.54, 1.807) is 7.11 Å². The molecule has 2 fully saturated rings. The summed E-state index contributed by atoms with van der Waals surface area (Å²) in [7, 11) is 1.71. The molecule has 2 aromatic rings. The Kier molecular flexibility index (Phi) is 5.03. The molecule has 0 saturated carbocycles. The second kappa shape index (κ2) is 7.58. The van der Waals surface area contributed by atoms with Gasteiger partial charge < -0.3 is 14.2 Å². The molecule has 6 nitrogen and oxygen atoms in total. The Morgan fingerprint density at radius 3 is 2.16 bits per heavy atom. The molecule has 2 aliphatic heterocycles. The maximum absolute atomic E-state index is 6.02. The number of ether oxygens (including phenoxy) is 3. The molecule has 0 aliphatic carbocycles. The van der Waals surface area contributed by atoms with Crippen LogP contribution in [0.3, 0.4) is 0 Å². The van der Waals surface area contributed by atoms with E-state index in [4.69, 9.17) is 14.2 Å². The van der Waals surface area contributed by atoms with E-state index < -0.39 is 0 Å². The minimum absolute atomic E-state index is 0.00460. The quantitative estimate of drug-likeness (QED) is 0.796. The van der Waals surface area contributed by atoms with Crippen molar-refractivity contribution in [1.82, 2.24) is 14.9 Å². The molecule has 0 amide bonds. The Balaban J connectivity index is 1.55. The molecule has 0 spiro atoms. The van der Waals surface area contributed by atoms with Crippen LogP contribution in [0, 0.1) is 0 Å². The lowest BCUT2D eigenvalue weighted by Gasteiger charge is -2.30. The van der Waals surface area contributed by atoms with Crippen molar-refractivity contribution < 1.29 is 14.2 Å². The molecule has 0 bridgehead atoms. The van der Waals surface area contributed by atoms with Crippen LogP contribution in [0.25, 0.3) is 0 Å². The number of hydrogen-bond acceptors (Lipinski definition) is 6. The highest BCUT2D eigenvalue weighted by molar-refractivity contribution is 5.09. The molecule has 2 aliphatic rings. The van der Waals surface area contributed by atoms with E-state index in [0.29, 0.717) is 13.2 Å². The van der Waals surface area contributed by atoms with Crippen molar-refractivity contribution in [3.05, 3.63) is 60.2 Å². The highest BCUT2D eigenvalue weighted by Gasteiger charge is 2.49. The third-order valence-corrected chi connectivity index (χ3v) is 4.94. The standard InChI is InChI=1S/C19H23N3O3/c1-23-17-13-25-18-16(12-24-19(17)18)22(10-14-6-2-4-8-20-14)11-15-7-3-5-9-21-15/h2-9,16-19H,10-13H2,1H3/t16-,17-,18-,19+/m0/s1. The second-order valence-corrected chi connectivity index (χ2v) is 6.48. The van der Waals surface area contributed by atoms with E-state index in [1.165, 1.54) is 0 Å². The lowest BCUT2D eigenvalue weighted by molar-refractivity contribution is -0.0131. The normalized spacial score (nSPS) is 28.4. The average Bonchev–Trinajstić information content (AvgIpc) is 3.24. The zero-order valence-corrected chi connectivity index (χ0v) is 14.3. The molecule has 2 aromatic heterocycles. The Labute approximate surface area is 147 Å². The third kappa shape index (κ3) is 3.57. The zero-order valence-electron chi connectivity index (χ0n) is 14.3. The summed E-state index contributed by atoms with van der Waals surface area (Å²) in [6, 6.07) is 12.2. The molecular weight excluding hydrogens is 318 g/mol. The predicted molar refractivity (Wildman–Crippen MR) is 91.8 cm³/mol. The van der Waals surface area contributed by atoms with Crippen molar-refractivity contribution in [3.63, 3.8) is 0 Å². The number of fused-ring (bicyclic) bond motifs is 1.